The molecule has 18 heavy (non-hydrogen) atoms. The van der Waals surface area contributed by atoms with Crippen LogP contribution in [-0.4, -0.2) is 35.6 Å². The van der Waals surface area contributed by atoms with Crippen LogP contribution in [0, 0.1) is 6.92 Å². The first kappa shape index (κ1) is 12.8. The molecule has 1 amide bonds. The van der Waals surface area contributed by atoms with Crippen LogP contribution in [0.4, 0.5) is 0 Å². The van der Waals surface area contributed by atoms with Crippen LogP contribution >= 0.6 is 0 Å². The number of rotatable bonds is 5. The van der Waals surface area contributed by atoms with E-state index in [1.54, 1.807) is 13.3 Å². The third kappa shape index (κ3) is 3.16. The molecule has 1 atom stereocenters. The Morgan fingerprint density at radius 1 is 1.61 bits per heavy atom. The third-order valence-electron chi connectivity index (χ3n) is 2.89. The minimum absolute atomic E-state index is 0.134. The smallest absolute Gasteiger partial charge is 0.236 e. The van der Waals surface area contributed by atoms with Gasteiger partial charge in [-0.2, -0.15) is 0 Å². The molecule has 0 spiro atoms. The Kier molecular flexibility index (Phi) is 4.09. The zero-order valence-corrected chi connectivity index (χ0v) is 10.7. The molecule has 2 heterocycles. The maximum Gasteiger partial charge on any atom is 0.236 e. The zero-order chi connectivity index (χ0) is 13.0. The molecular formula is C12H18N4O2. The molecule has 2 rings (SSSR count). The van der Waals surface area contributed by atoms with Crippen LogP contribution < -0.4 is 15.4 Å². The highest BCUT2D eigenvalue weighted by molar-refractivity contribution is 5.78. The molecule has 1 fully saturated rings. The van der Waals surface area contributed by atoms with E-state index in [9.17, 15) is 4.79 Å². The lowest BCUT2D eigenvalue weighted by molar-refractivity contribution is -0.119. The number of hydrogen-bond donors (Lipinski definition) is 2. The standard InChI is InChI=1S/C12H18N4O2/c1-8-5-14-10(12(15-8)18-2)7-13-6-9-3-4-11(17)16-9/h5,9,13H,3-4,6-7H2,1-2H3,(H,16,17). The van der Waals surface area contributed by atoms with Crippen LogP contribution in [0.15, 0.2) is 6.20 Å². The topological polar surface area (TPSA) is 76.1 Å². The number of aromatic nitrogens is 2. The summed E-state index contributed by atoms with van der Waals surface area (Å²) < 4.78 is 5.18. The highest BCUT2D eigenvalue weighted by Crippen LogP contribution is 2.12. The molecule has 1 aromatic heterocycles. The third-order valence-corrected chi connectivity index (χ3v) is 2.89. The van der Waals surface area contributed by atoms with Gasteiger partial charge in [-0.05, 0) is 13.3 Å². The molecule has 1 unspecified atom stereocenters. The predicted molar refractivity (Wildman–Crippen MR) is 66.2 cm³/mol. The predicted octanol–water partition coefficient (Wildman–Crippen LogP) is 0.162. The maximum atomic E-state index is 11.0. The number of ether oxygens (including phenoxy) is 1. The summed E-state index contributed by atoms with van der Waals surface area (Å²) in [5.74, 6) is 0.687. The molecule has 2 N–H and O–H groups in total. The van der Waals surface area contributed by atoms with E-state index in [0.717, 1.165) is 24.4 Å². The Labute approximate surface area is 106 Å². The van der Waals surface area contributed by atoms with Gasteiger partial charge in [0.2, 0.25) is 11.8 Å². The van der Waals surface area contributed by atoms with Gasteiger partial charge in [0.15, 0.2) is 0 Å². The molecule has 0 aliphatic carbocycles. The fourth-order valence-electron chi connectivity index (χ4n) is 1.96. The Morgan fingerprint density at radius 2 is 2.44 bits per heavy atom. The number of amides is 1. The van der Waals surface area contributed by atoms with Crippen molar-refractivity contribution in [2.75, 3.05) is 13.7 Å². The van der Waals surface area contributed by atoms with Crippen molar-refractivity contribution in [3.8, 4) is 5.88 Å². The highest BCUT2D eigenvalue weighted by atomic mass is 16.5. The second-order valence-corrected chi connectivity index (χ2v) is 4.40. The summed E-state index contributed by atoms with van der Waals surface area (Å²) in [4.78, 5) is 19.6. The van der Waals surface area contributed by atoms with E-state index in [1.165, 1.54) is 0 Å². The van der Waals surface area contributed by atoms with Gasteiger partial charge in [-0.25, -0.2) is 4.98 Å². The van der Waals surface area contributed by atoms with Crippen LogP contribution in [0.3, 0.4) is 0 Å². The molecule has 6 nitrogen and oxygen atoms in total. The lowest BCUT2D eigenvalue weighted by atomic mass is 10.2. The summed E-state index contributed by atoms with van der Waals surface area (Å²) in [6, 6.07) is 0.224. The number of carbonyl (C=O) groups excluding carboxylic acids is 1. The molecule has 0 saturated carbocycles. The second kappa shape index (κ2) is 5.77. The molecule has 0 bridgehead atoms. The van der Waals surface area contributed by atoms with Crippen molar-refractivity contribution in [1.29, 1.82) is 0 Å². The summed E-state index contributed by atoms with van der Waals surface area (Å²) in [6.45, 7) is 3.20. The SMILES string of the molecule is COc1nc(C)cnc1CNCC1CCC(=O)N1. The molecule has 1 aliphatic rings. The van der Waals surface area contributed by atoms with Gasteiger partial charge < -0.3 is 15.4 Å². The van der Waals surface area contributed by atoms with Crippen molar-refractivity contribution in [3.63, 3.8) is 0 Å². The van der Waals surface area contributed by atoms with E-state index in [1.807, 2.05) is 6.92 Å². The zero-order valence-electron chi connectivity index (χ0n) is 10.7. The summed E-state index contributed by atoms with van der Waals surface area (Å²) >= 11 is 0. The first-order chi connectivity index (χ1) is 8.69. The largest absolute Gasteiger partial charge is 0.480 e. The average molecular weight is 250 g/mol. The quantitative estimate of drug-likeness (QED) is 0.778. The number of methoxy groups -OCH3 is 1. The fraction of sp³-hybridized carbons (Fsp3) is 0.583. The summed E-state index contributed by atoms with van der Waals surface area (Å²) in [6.07, 6.45) is 3.24. The van der Waals surface area contributed by atoms with E-state index in [0.29, 0.717) is 18.8 Å². The van der Waals surface area contributed by atoms with Crippen molar-refractivity contribution in [2.24, 2.45) is 0 Å². The highest BCUT2D eigenvalue weighted by Gasteiger charge is 2.20. The van der Waals surface area contributed by atoms with Crippen molar-refractivity contribution in [2.45, 2.75) is 32.4 Å². The van der Waals surface area contributed by atoms with Gasteiger partial charge in [-0.3, -0.25) is 9.78 Å². The van der Waals surface area contributed by atoms with E-state index < -0.39 is 0 Å². The summed E-state index contributed by atoms with van der Waals surface area (Å²) in [7, 11) is 1.59. The number of aryl methyl sites for hydroxylation is 1. The van der Waals surface area contributed by atoms with Gasteiger partial charge >= 0.3 is 0 Å². The van der Waals surface area contributed by atoms with Gasteiger partial charge in [-0.15, -0.1) is 0 Å². The average Bonchev–Trinajstić information content (AvgIpc) is 2.77. The van der Waals surface area contributed by atoms with E-state index in [2.05, 4.69) is 20.6 Å². The van der Waals surface area contributed by atoms with E-state index in [-0.39, 0.29) is 11.9 Å². The minimum Gasteiger partial charge on any atom is -0.480 e. The summed E-state index contributed by atoms with van der Waals surface area (Å²) in [5.41, 5.74) is 1.62. The van der Waals surface area contributed by atoms with Gasteiger partial charge in [0, 0.05) is 31.7 Å². The molecule has 1 aromatic rings. The van der Waals surface area contributed by atoms with Gasteiger partial charge in [0.05, 0.1) is 12.8 Å². The fourth-order valence-corrected chi connectivity index (χ4v) is 1.96. The minimum atomic E-state index is 0.134. The Morgan fingerprint density at radius 3 is 3.11 bits per heavy atom. The van der Waals surface area contributed by atoms with Gasteiger partial charge in [-0.1, -0.05) is 0 Å². The Hall–Kier alpha value is -1.69. The number of nitrogens with one attached hydrogen (secondary N) is 2. The monoisotopic (exact) mass is 250 g/mol. The maximum absolute atomic E-state index is 11.0. The van der Waals surface area contributed by atoms with Gasteiger partial charge in [0.25, 0.3) is 0 Å². The number of hydrogen-bond acceptors (Lipinski definition) is 5. The normalized spacial score (nSPS) is 18.8. The molecule has 0 radical (unpaired) electrons. The first-order valence-electron chi connectivity index (χ1n) is 6.05. The first-order valence-corrected chi connectivity index (χ1v) is 6.05. The molecule has 6 heteroatoms. The Bertz CT molecular complexity index is 436. The Balaban J connectivity index is 1.84. The molecule has 98 valence electrons. The second-order valence-electron chi connectivity index (χ2n) is 4.40. The van der Waals surface area contributed by atoms with E-state index in [4.69, 9.17) is 4.74 Å². The van der Waals surface area contributed by atoms with Crippen LogP contribution in [0.5, 0.6) is 5.88 Å². The molecule has 1 aliphatic heterocycles. The van der Waals surface area contributed by atoms with Crippen molar-refractivity contribution < 1.29 is 9.53 Å². The van der Waals surface area contributed by atoms with Crippen LogP contribution in [-0.2, 0) is 11.3 Å². The van der Waals surface area contributed by atoms with Crippen molar-refractivity contribution in [3.05, 3.63) is 17.6 Å². The molecular weight excluding hydrogens is 232 g/mol. The lowest BCUT2D eigenvalue weighted by Crippen LogP contribution is -2.35. The number of carbonyl (C=O) groups is 1. The lowest BCUT2D eigenvalue weighted by Gasteiger charge is -2.12. The van der Waals surface area contributed by atoms with Crippen LogP contribution in [0.1, 0.15) is 24.2 Å². The van der Waals surface area contributed by atoms with Crippen LogP contribution in [0.25, 0.3) is 0 Å². The van der Waals surface area contributed by atoms with Crippen LogP contribution in [0.2, 0.25) is 0 Å². The van der Waals surface area contributed by atoms with E-state index >= 15 is 0 Å². The number of nitrogens with zero attached hydrogens (tertiary/aromatic N) is 2. The summed E-state index contributed by atoms with van der Waals surface area (Å²) in [5, 5.41) is 6.17. The van der Waals surface area contributed by atoms with Crippen molar-refractivity contribution in [1.82, 2.24) is 20.6 Å². The van der Waals surface area contributed by atoms with Gasteiger partial charge in [0.1, 0.15) is 5.69 Å². The molecule has 0 aromatic carbocycles. The molecule has 1 saturated heterocycles. The van der Waals surface area contributed by atoms with Crippen molar-refractivity contribution >= 4 is 5.91 Å².